The van der Waals surface area contributed by atoms with E-state index in [0.29, 0.717) is 5.41 Å². The van der Waals surface area contributed by atoms with Gasteiger partial charge in [-0.3, -0.25) is 0 Å². The van der Waals surface area contributed by atoms with Gasteiger partial charge in [0.25, 0.3) is 0 Å². The van der Waals surface area contributed by atoms with E-state index >= 15 is 0 Å². The van der Waals surface area contributed by atoms with Crippen molar-refractivity contribution in [3.05, 3.63) is 0 Å². The van der Waals surface area contributed by atoms with Crippen molar-refractivity contribution < 1.29 is 0 Å². The van der Waals surface area contributed by atoms with Gasteiger partial charge in [-0.25, -0.2) is 0 Å². The van der Waals surface area contributed by atoms with Gasteiger partial charge in [-0.05, 0) is 43.4 Å². The molecule has 1 saturated carbocycles. The van der Waals surface area contributed by atoms with Crippen LogP contribution in [0.3, 0.4) is 0 Å². The Hall–Kier alpha value is -0.0400. The molecule has 1 fully saturated rings. The van der Waals surface area contributed by atoms with Crippen LogP contribution in [0.1, 0.15) is 91.9 Å². The van der Waals surface area contributed by atoms with Gasteiger partial charge in [0, 0.05) is 5.54 Å². The largest absolute Gasteiger partial charge is 0.325 e. The normalized spacial score (nSPS) is 30.2. The van der Waals surface area contributed by atoms with E-state index < -0.39 is 0 Å². The van der Waals surface area contributed by atoms with Crippen LogP contribution in [-0.4, -0.2) is 5.54 Å². The average molecular weight is 253 g/mol. The molecule has 1 heteroatoms. The van der Waals surface area contributed by atoms with Crippen molar-refractivity contribution in [1.29, 1.82) is 0 Å². The van der Waals surface area contributed by atoms with Gasteiger partial charge in [0.1, 0.15) is 0 Å². The van der Waals surface area contributed by atoms with Crippen molar-refractivity contribution in [3.63, 3.8) is 0 Å². The number of hydrogen-bond acceptors (Lipinski definition) is 1. The predicted octanol–water partition coefficient (Wildman–Crippen LogP) is 5.28. The highest BCUT2D eigenvalue weighted by Gasteiger charge is 2.29. The summed E-state index contributed by atoms with van der Waals surface area (Å²) >= 11 is 0. The second kappa shape index (κ2) is 6.93. The van der Waals surface area contributed by atoms with Gasteiger partial charge in [-0.1, -0.05) is 59.8 Å². The lowest BCUT2D eigenvalue weighted by molar-refractivity contribution is 0.289. The zero-order valence-electron chi connectivity index (χ0n) is 13.2. The molecule has 0 amide bonds. The fourth-order valence-electron chi connectivity index (χ4n) is 3.42. The smallest absolute Gasteiger partial charge is 0.0154 e. The molecule has 108 valence electrons. The van der Waals surface area contributed by atoms with Crippen LogP contribution in [0.2, 0.25) is 0 Å². The van der Waals surface area contributed by atoms with Crippen LogP contribution in [0.4, 0.5) is 0 Å². The Morgan fingerprint density at radius 2 is 1.89 bits per heavy atom. The minimum atomic E-state index is 0.160. The Morgan fingerprint density at radius 1 is 1.17 bits per heavy atom. The molecule has 0 aromatic rings. The SMILES string of the molecule is CCCC1CCCC(N)(CCCC(C)(C)C)CC1. The summed E-state index contributed by atoms with van der Waals surface area (Å²) in [5.41, 5.74) is 7.27. The standard InChI is InChI=1S/C17H35N/c1-5-8-15-9-6-12-17(18,14-10-15)13-7-11-16(2,3)4/h15H,5-14,18H2,1-4H3. The van der Waals surface area contributed by atoms with Crippen LogP contribution in [0.15, 0.2) is 0 Å². The van der Waals surface area contributed by atoms with Crippen LogP contribution in [0, 0.1) is 11.3 Å². The van der Waals surface area contributed by atoms with Crippen molar-refractivity contribution in [3.8, 4) is 0 Å². The molecule has 0 aliphatic heterocycles. The van der Waals surface area contributed by atoms with E-state index in [9.17, 15) is 0 Å². The predicted molar refractivity (Wildman–Crippen MR) is 81.7 cm³/mol. The minimum absolute atomic E-state index is 0.160. The van der Waals surface area contributed by atoms with Crippen molar-refractivity contribution in [2.75, 3.05) is 0 Å². The lowest BCUT2D eigenvalue weighted by Gasteiger charge is -2.30. The first-order valence-corrected chi connectivity index (χ1v) is 8.13. The lowest BCUT2D eigenvalue weighted by atomic mass is 9.82. The maximum absolute atomic E-state index is 6.65. The summed E-state index contributed by atoms with van der Waals surface area (Å²) in [6.45, 7) is 9.31. The first kappa shape index (κ1) is 16.0. The quantitative estimate of drug-likeness (QED) is 0.663. The zero-order chi connectivity index (χ0) is 13.6. The summed E-state index contributed by atoms with van der Waals surface area (Å²) in [6.07, 6.45) is 13.3. The average Bonchev–Trinajstić information content (AvgIpc) is 2.40. The molecule has 2 atom stereocenters. The van der Waals surface area contributed by atoms with E-state index in [4.69, 9.17) is 5.73 Å². The third-order valence-electron chi connectivity index (χ3n) is 4.64. The summed E-state index contributed by atoms with van der Waals surface area (Å²) in [5, 5.41) is 0. The van der Waals surface area contributed by atoms with Crippen molar-refractivity contribution in [2.45, 2.75) is 97.4 Å². The van der Waals surface area contributed by atoms with E-state index in [0.717, 1.165) is 5.92 Å². The van der Waals surface area contributed by atoms with E-state index in [-0.39, 0.29) is 5.54 Å². The molecule has 0 heterocycles. The third kappa shape index (κ3) is 6.22. The first-order valence-electron chi connectivity index (χ1n) is 8.13. The van der Waals surface area contributed by atoms with Crippen LogP contribution in [0.25, 0.3) is 0 Å². The monoisotopic (exact) mass is 253 g/mol. The molecule has 1 rings (SSSR count). The van der Waals surface area contributed by atoms with Gasteiger partial charge in [0.05, 0.1) is 0 Å². The van der Waals surface area contributed by atoms with Gasteiger partial charge in [-0.15, -0.1) is 0 Å². The minimum Gasteiger partial charge on any atom is -0.325 e. The van der Waals surface area contributed by atoms with Gasteiger partial charge in [0.2, 0.25) is 0 Å². The summed E-state index contributed by atoms with van der Waals surface area (Å²) in [5.74, 6) is 0.961. The van der Waals surface area contributed by atoms with E-state index in [1.54, 1.807) is 0 Å². The first-order chi connectivity index (χ1) is 8.35. The Bertz CT molecular complexity index is 228. The highest BCUT2D eigenvalue weighted by atomic mass is 14.7. The molecule has 2 N–H and O–H groups in total. The van der Waals surface area contributed by atoms with Crippen LogP contribution < -0.4 is 5.73 Å². The molecule has 0 spiro atoms. The van der Waals surface area contributed by atoms with E-state index in [1.165, 1.54) is 64.2 Å². The lowest BCUT2D eigenvalue weighted by Crippen LogP contribution is -2.39. The zero-order valence-corrected chi connectivity index (χ0v) is 13.2. The molecule has 18 heavy (non-hydrogen) atoms. The maximum Gasteiger partial charge on any atom is 0.0154 e. The summed E-state index contributed by atoms with van der Waals surface area (Å²) in [6, 6.07) is 0. The van der Waals surface area contributed by atoms with Gasteiger partial charge in [0.15, 0.2) is 0 Å². The highest BCUT2D eigenvalue weighted by Crippen LogP contribution is 2.35. The van der Waals surface area contributed by atoms with Crippen molar-refractivity contribution in [2.24, 2.45) is 17.1 Å². The third-order valence-corrected chi connectivity index (χ3v) is 4.64. The number of rotatable bonds is 5. The molecule has 1 nitrogen and oxygen atoms in total. The number of hydrogen-bond donors (Lipinski definition) is 1. The molecule has 0 saturated heterocycles. The maximum atomic E-state index is 6.65. The van der Waals surface area contributed by atoms with E-state index in [2.05, 4.69) is 27.7 Å². The molecule has 2 unspecified atom stereocenters. The molecule has 0 radical (unpaired) electrons. The van der Waals surface area contributed by atoms with Crippen LogP contribution in [-0.2, 0) is 0 Å². The molecule has 0 bridgehead atoms. The summed E-state index contributed by atoms with van der Waals surface area (Å²) < 4.78 is 0. The number of nitrogens with two attached hydrogens (primary N) is 1. The Morgan fingerprint density at radius 3 is 2.50 bits per heavy atom. The van der Waals surface area contributed by atoms with Crippen LogP contribution in [0.5, 0.6) is 0 Å². The summed E-state index contributed by atoms with van der Waals surface area (Å²) in [4.78, 5) is 0. The molecule has 0 aromatic heterocycles. The fourth-order valence-corrected chi connectivity index (χ4v) is 3.42. The summed E-state index contributed by atoms with van der Waals surface area (Å²) in [7, 11) is 0. The molecular formula is C17H35N. The Labute approximate surface area is 115 Å². The molecular weight excluding hydrogens is 218 g/mol. The highest BCUT2D eigenvalue weighted by molar-refractivity contribution is 4.88. The van der Waals surface area contributed by atoms with E-state index in [1.807, 2.05) is 0 Å². The molecule has 1 aliphatic rings. The van der Waals surface area contributed by atoms with Crippen molar-refractivity contribution >= 4 is 0 Å². The van der Waals surface area contributed by atoms with Gasteiger partial charge >= 0.3 is 0 Å². The van der Waals surface area contributed by atoms with Crippen LogP contribution >= 0.6 is 0 Å². The fraction of sp³-hybridized carbons (Fsp3) is 1.00. The Balaban J connectivity index is 2.34. The van der Waals surface area contributed by atoms with Gasteiger partial charge < -0.3 is 5.73 Å². The van der Waals surface area contributed by atoms with Crippen molar-refractivity contribution in [1.82, 2.24) is 0 Å². The molecule has 0 aromatic carbocycles. The second-order valence-electron chi connectivity index (χ2n) is 7.86. The molecule has 1 aliphatic carbocycles. The van der Waals surface area contributed by atoms with Gasteiger partial charge in [-0.2, -0.15) is 0 Å². The second-order valence-corrected chi connectivity index (χ2v) is 7.86. The topological polar surface area (TPSA) is 26.0 Å². The Kier molecular flexibility index (Phi) is 6.17.